The standard InChI is InChI=1S/C17H18BrF2N/c1-4-21-17(12-8-10(2)7-11(3)9-12)15-14(19)6-5-13(18)16(15)20/h5-9,17,21H,4H2,1-3H3. The van der Waals surface area contributed by atoms with Gasteiger partial charge in [-0.05, 0) is 54.0 Å². The van der Waals surface area contributed by atoms with Gasteiger partial charge in [-0.2, -0.15) is 0 Å². The van der Waals surface area contributed by atoms with Crippen molar-refractivity contribution in [3.63, 3.8) is 0 Å². The van der Waals surface area contributed by atoms with Crippen molar-refractivity contribution in [2.24, 2.45) is 0 Å². The van der Waals surface area contributed by atoms with E-state index in [1.54, 1.807) is 0 Å². The van der Waals surface area contributed by atoms with E-state index in [0.717, 1.165) is 16.7 Å². The van der Waals surface area contributed by atoms with Crippen molar-refractivity contribution in [3.8, 4) is 0 Å². The molecular formula is C17H18BrF2N. The third-order valence-electron chi connectivity index (χ3n) is 3.35. The van der Waals surface area contributed by atoms with Crippen LogP contribution in [0.25, 0.3) is 0 Å². The predicted octanol–water partition coefficient (Wildman–Crippen LogP) is 5.04. The normalized spacial score (nSPS) is 12.5. The molecule has 0 amide bonds. The quantitative estimate of drug-likeness (QED) is 0.759. The van der Waals surface area contributed by atoms with Gasteiger partial charge in [0.2, 0.25) is 0 Å². The SMILES string of the molecule is CCNC(c1cc(C)cc(C)c1)c1c(F)ccc(Br)c1F. The van der Waals surface area contributed by atoms with Gasteiger partial charge in [-0.25, -0.2) is 8.78 Å². The molecule has 1 nitrogen and oxygen atoms in total. The topological polar surface area (TPSA) is 12.0 Å². The molecular weight excluding hydrogens is 336 g/mol. The van der Waals surface area contributed by atoms with Crippen molar-refractivity contribution in [2.75, 3.05) is 6.54 Å². The molecule has 0 heterocycles. The Morgan fingerprint density at radius 1 is 1.10 bits per heavy atom. The van der Waals surface area contributed by atoms with Gasteiger partial charge < -0.3 is 5.32 Å². The Hall–Kier alpha value is -1.26. The first-order valence-corrected chi connectivity index (χ1v) is 7.68. The van der Waals surface area contributed by atoms with Gasteiger partial charge in [-0.3, -0.25) is 0 Å². The monoisotopic (exact) mass is 353 g/mol. The fraction of sp³-hybridized carbons (Fsp3) is 0.294. The Kier molecular flexibility index (Phi) is 5.12. The van der Waals surface area contributed by atoms with Crippen LogP contribution in [0.2, 0.25) is 0 Å². The highest BCUT2D eigenvalue weighted by Gasteiger charge is 2.23. The summed E-state index contributed by atoms with van der Waals surface area (Å²) in [6.45, 7) is 6.49. The molecule has 0 radical (unpaired) electrons. The highest BCUT2D eigenvalue weighted by molar-refractivity contribution is 9.10. The van der Waals surface area contributed by atoms with E-state index >= 15 is 0 Å². The zero-order valence-corrected chi connectivity index (χ0v) is 13.9. The van der Waals surface area contributed by atoms with Crippen molar-refractivity contribution < 1.29 is 8.78 Å². The van der Waals surface area contributed by atoms with Crippen LogP contribution in [0.15, 0.2) is 34.8 Å². The van der Waals surface area contributed by atoms with Crippen molar-refractivity contribution in [1.82, 2.24) is 5.32 Å². The second-order valence-electron chi connectivity index (χ2n) is 5.17. The van der Waals surface area contributed by atoms with E-state index in [-0.39, 0.29) is 10.0 Å². The molecule has 1 atom stereocenters. The molecule has 0 aliphatic heterocycles. The Balaban J connectivity index is 2.61. The summed E-state index contributed by atoms with van der Waals surface area (Å²) in [5.41, 5.74) is 3.06. The fourth-order valence-electron chi connectivity index (χ4n) is 2.57. The Bertz CT molecular complexity index is 635. The van der Waals surface area contributed by atoms with Crippen LogP contribution in [-0.2, 0) is 0 Å². The van der Waals surface area contributed by atoms with Crippen LogP contribution < -0.4 is 5.32 Å². The Labute approximate surface area is 132 Å². The van der Waals surface area contributed by atoms with E-state index in [9.17, 15) is 8.78 Å². The second-order valence-corrected chi connectivity index (χ2v) is 6.02. The lowest BCUT2D eigenvalue weighted by Crippen LogP contribution is -2.24. The summed E-state index contributed by atoms with van der Waals surface area (Å²) < 4.78 is 28.9. The minimum absolute atomic E-state index is 0.0521. The molecule has 0 fully saturated rings. The van der Waals surface area contributed by atoms with Gasteiger partial charge in [-0.1, -0.05) is 36.2 Å². The van der Waals surface area contributed by atoms with E-state index in [1.807, 2.05) is 39.0 Å². The van der Waals surface area contributed by atoms with Crippen LogP contribution >= 0.6 is 15.9 Å². The van der Waals surface area contributed by atoms with Gasteiger partial charge in [-0.15, -0.1) is 0 Å². The molecule has 2 rings (SSSR count). The molecule has 4 heteroatoms. The summed E-state index contributed by atoms with van der Waals surface area (Å²) in [5, 5.41) is 3.18. The van der Waals surface area contributed by atoms with Crippen molar-refractivity contribution in [3.05, 3.63) is 68.7 Å². The van der Waals surface area contributed by atoms with Crippen molar-refractivity contribution in [2.45, 2.75) is 26.8 Å². The molecule has 0 aliphatic rings. The number of rotatable bonds is 4. The largest absolute Gasteiger partial charge is 0.306 e. The summed E-state index contributed by atoms with van der Waals surface area (Å²) in [5.74, 6) is -1.10. The van der Waals surface area contributed by atoms with Crippen LogP contribution in [0.5, 0.6) is 0 Å². The van der Waals surface area contributed by atoms with Crippen molar-refractivity contribution >= 4 is 15.9 Å². The third-order valence-corrected chi connectivity index (χ3v) is 3.97. The zero-order chi connectivity index (χ0) is 15.6. The highest BCUT2D eigenvalue weighted by atomic mass is 79.9. The number of nitrogens with one attached hydrogen (secondary N) is 1. The number of hydrogen-bond donors (Lipinski definition) is 1. The maximum absolute atomic E-state index is 14.4. The van der Waals surface area contributed by atoms with Crippen LogP contribution in [-0.4, -0.2) is 6.54 Å². The van der Waals surface area contributed by atoms with E-state index in [2.05, 4.69) is 21.2 Å². The molecule has 0 aliphatic carbocycles. The van der Waals surface area contributed by atoms with E-state index in [0.29, 0.717) is 6.54 Å². The maximum atomic E-state index is 14.4. The van der Waals surface area contributed by atoms with Crippen LogP contribution in [0.3, 0.4) is 0 Å². The average molecular weight is 354 g/mol. The number of halogens is 3. The second kappa shape index (κ2) is 6.67. The molecule has 0 aromatic heterocycles. The Morgan fingerprint density at radius 2 is 1.71 bits per heavy atom. The van der Waals surface area contributed by atoms with Crippen LogP contribution in [0.1, 0.15) is 35.2 Å². The van der Waals surface area contributed by atoms with Gasteiger partial charge >= 0.3 is 0 Å². The van der Waals surface area contributed by atoms with E-state index < -0.39 is 17.7 Å². The third kappa shape index (κ3) is 3.50. The lowest BCUT2D eigenvalue weighted by Gasteiger charge is -2.21. The van der Waals surface area contributed by atoms with Crippen LogP contribution in [0.4, 0.5) is 8.78 Å². The zero-order valence-electron chi connectivity index (χ0n) is 12.3. The van der Waals surface area contributed by atoms with Gasteiger partial charge in [0, 0.05) is 5.56 Å². The first-order chi connectivity index (χ1) is 9.93. The summed E-state index contributed by atoms with van der Waals surface area (Å²) >= 11 is 3.13. The number of benzene rings is 2. The minimum Gasteiger partial charge on any atom is -0.306 e. The first-order valence-electron chi connectivity index (χ1n) is 6.89. The molecule has 2 aromatic rings. The van der Waals surface area contributed by atoms with Gasteiger partial charge in [0.15, 0.2) is 0 Å². The summed E-state index contributed by atoms with van der Waals surface area (Å²) in [6.07, 6.45) is 0. The summed E-state index contributed by atoms with van der Waals surface area (Å²) in [7, 11) is 0. The Morgan fingerprint density at radius 3 is 2.29 bits per heavy atom. The molecule has 21 heavy (non-hydrogen) atoms. The molecule has 0 saturated carbocycles. The average Bonchev–Trinajstić information content (AvgIpc) is 2.41. The molecule has 0 saturated heterocycles. The maximum Gasteiger partial charge on any atom is 0.145 e. The predicted molar refractivity (Wildman–Crippen MR) is 85.5 cm³/mol. The minimum atomic E-state index is -0.555. The van der Waals surface area contributed by atoms with Crippen molar-refractivity contribution in [1.29, 1.82) is 0 Å². The fourth-order valence-corrected chi connectivity index (χ4v) is 2.92. The first kappa shape index (κ1) is 16.1. The van der Waals surface area contributed by atoms with Crippen LogP contribution in [0, 0.1) is 25.5 Å². The van der Waals surface area contributed by atoms with Gasteiger partial charge in [0.05, 0.1) is 10.5 Å². The smallest absolute Gasteiger partial charge is 0.145 e. The lowest BCUT2D eigenvalue weighted by atomic mass is 9.94. The molecule has 1 N–H and O–H groups in total. The van der Waals surface area contributed by atoms with E-state index in [4.69, 9.17) is 0 Å². The molecule has 1 unspecified atom stereocenters. The summed E-state index contributed by atoms with van der Waals surface area (Å²) in [6, 6.07) is 8.13. The lowest BCUT2D eigenvalue weighted by molar-refractivity contribution is 0.507. The number of aryl methyl sites for hydroxylation is 2. The van der Waals surface area contributed by atoms with Gasteiger partial charge in [0.1, 0.15) is 11.6 Å². The molecule has 0 spiro atoms. The number of hydrogen-bond acceptors (Lipinski definition) is 1. The van der Waals surface area contributed by atoms with E-state index in [1.165, 1.54) is 12.1 Å². The molecule has 0 bridgehead atoms. The molecule has 2 aromatic carbocycles. The molecule has 112 valence electrons. The summed E-state index contributed by atoms with van der Waals surface area (Å²) in [4.78, 5) is 0. The highest BCUT2D eigenvalue weighted by Crippen LogP contribution is 2.31. The van der Waals surface area contributed by atoms with Gasteiger partial charge in [0.25, 0.3) is 0 Å².